The van der Waals surface area contributed by atoms with Gasteiger partial charge in [-0.2, -0.15) is 0 Å². The van der Waals surface area contributed by atoms with Crippen LogP contribution in [-0.2, 0) is 6.42 Å². The van der Waals surface area contributed by atoms with E-state index >= 15 is 0 Å². The summed E-state index contributed by atoms with van der Waals surface area (Å²) in [5.41, 5.74) is 1.12. The fourth-order valence-electron chi connectivity index (χ4n) is 3.09. The molecule has 0 spiro atoms. The van der Waals surface area contributed by atoms with Crippen LogP contribution in [0.5, 0.6) is 0 Å². The molecule has 5 nitrogen and oxygen atoms in total. The predicted octanol–water partition coefficient (Wildman–Crippen LogP) is 1.56. The molecule has 1 aromatic carbocycles. The Kier molecular flexibility index (Phi) is 8.15. The van der Waals surface area contributed by atoms with Crippen molar-refractivity contribution in [2.24, 2.45) is 4.99 Å². The number of hydrogen-bond donors (Lipinski definition) is 2. The van der Waals surface area contributed by atoms with Crippen LogP contribution < -0.4 is 10.6 Å². The number of aliphatic imine (C=N–C) groups is 1. The molecule has 0 bridgehead atoms. The van der Waals surface area contributed by atoms with Gasteiger partial charge in [-0.3, -0.25) is 9.89 Å². The Labute approximate surface area is 151 Å². The van der Waals surface area contributed by atoms with E-state index in [-0.39, 0.29) is 5.82 Å². The van der Waals surface area contributed by atoms with Crippen molar-refractivity contribution in [3.05, 3.63) is 35.6 Å². The van der Waals surface area contributed by atoms with E-state index < -0.39 is 0 Å². The molecule has 1 aliphatic heterocycles. The maximum atomic E-state index is 12.9. The van der Waals surface area contributed by atoms with Crippen molar-refractivity contribution in [1.82, 2.24) is 20.4 Å². The molecule has 1 atom stereocenters. The van der Waals surface area contributed by atoms with E-state index in [2.05, 4.69) is 39.3 Å². The summed E-state index contributed by atoms with van der Waals surface area (Å²) in [7, 11) is 1.79. The minimum Gasteiger partial charge on any atom is -0.356 e. The zero-order valence-corrected chi connectivity index (χ0v) is 15.8. The number of likely N-dealkylation sites (N-methyl/N-ethyl adjacent to an activating group) is 1. The van der Waals surface area contributed by atoms with E-state index in [9.17, 15) is 4.39 Å². The summed E-state index contributed by atoms with van der Waals surface area (Å²) in [4.78, 5) is 9.31. The number of rotatable bonds is 7. The van der Waals surface area contributed by atoms with Gasteiger partial charge in [0.25, 0.3) is 0 Å². The first-order valence-electron chi connectivity index (χ1n) is 9.27. The summed E-state index contributed by atoms with van der Waals surface area (Å²) in [5.74, 6) is 0.629. The van der Waals surface area contributed by atoms with Crippen LogP contribution in [0.3, 0.4) is 0 Å². The lowest BCUT2D eigenvalue weighted by atomic mass is 10.1. The minimum atomic E-state index is -0.192. The molecule has 2 N–H and O–H groups in total. The Balaban J connectivity index is 1.66. The standard InChI is InChI=1S/C19H32FN5/c1-4-24-11-13-25(14-12-24)16(2)15-23-19(21-3)22-10-9-17-5-7-18(20)8-6-17/h5-8,16H,4,9-15H2,1-3H3,(H2,21,22,23). The highest BCUT2D eigenvalue weighted by atomic mass is 19.1. The van der Waals surface area contributed by atoms with Gasteiger partial charge < -0.3 is 15.5 Å². The number of benzene rings is 1. The fourth-order valence-corrected chi connectivity index (χ4v) is 3.09. The Morgan fingerprint density at radius 2 is 1.84 bits per heavy atom. The summed E-state index contributed by atoms with van der Waals surface area (Å²) in [6, 6.07) is 7.14. The monoisotopic (exact) mass is 349 g/mol. The van der Waals surface area contributed by atoms with E-state index in [0.29, 0.717) is 6.04 Å². The Morgan fingerprint density at radius 1 is 1.16 bits per heavy atom. The highest BCUT2D eigenvalue weighted by Gasteiger charge is 2.20. The molecule has 25 heavy (non-hydrogen) atoms. The third kappa shape index (κ3) is 6.63. The SMILES string of the molecule is CCN1CCN(C(C)CNC(=NC)NCCc2ccc(F)cc2)CC1. The zero-order chi connectivity index (χ0) is 18.1. The van der Waals surface area contributed by atoms with Gasteiger partial charge in [-0.05, 0) is 37.6 Å². The number of nitrogens with one attached hydrogen (secondary N) is 2. The number of halogens is 1. The van der Waals surface area contributed by atoms with Crippen LogP contribution in [0.25, 0.3) is 0 Å². The van der Waals surface area contributed by atoms with Crippen molar-refractivity contribution >= 4 is 5.96 Å². The van der Waals surface area contributed by atoms with Gasteiger partial charge in [0.2, 0.25) is 0 Å². The average Bonchev–Trinajstić information content (AvgIpc) is 2.65. The summed E-state index contributed by atoms with van der Waals surface area (Å²) in [6.07, 6.45) is 0.843. The van der Waals surface area contributed by atoms with Crippen LogP contribution in [-0.4, -0.2) is 74.7 Å². The van der Waals surface area contributed by atoms with Crippen molar-refractivity contribution in [2.45, 2.75) is 26.3 Å². The molecule has 0 saturated carbocycles. The summed E-state index contributed by atoms with van der Waals surface area (Å²) in [6.45, 7) is 11.9. The fraction of sp³-hybridized carbons (Fsp3) is 0.632. The average molecular weight is 349 g/mol. The van der Waals surface area contributed by atoms with Gasteiger partial charge in [0, 0.05) is 52.4 Å². The number of piperazine rings is 1. The molecule has 1 unspecified atom stereocenters. The van der Waals surface area contributed by atoms with Crippen LogP contribution in [0.2, 0.25) is 0 Å². The maximum Gasteiger partial charge on any atom is 0.191 e. The van der Waals surface area contributed by atoms with Crippen molar-refractivity contribution in [3.63, 3.8) is 0 Å². The van der Waals surface area contributed by atoms with Crippen molar-refractivity contribution in [2.75, 3.05) is 52.9 Å². The molecule has 0 aromatic heterocycles. The minimum absolute atomic E-state index is 0.192. The second-order valence-electron chi connectivity index (χ2n) is 6.58. The van der Waals surface area contributed by atoms with Gasteiger partial charge in [-0.15, -0.1) is 0 Å². The van der Waals surface area contributed by atoms with Crippen molar-refractivity contribution in [3.8, 4) is 0 Å². The van der Waals surface area contributed by atoms with Crippen LogP contribution in [0.1, 0.15) is 19.4 Å². The largest absolute Gasteiger partial charge is 0.356 e. The molecular weight excluding hydrogens is 317 g/mol. The Hall–Kier alpha value is -1.66. The molecule has 1 aliphatic rings. The Bertz CT molecular complexity index is 523. The van der Waals surface area contributed by atoms with E-state index in [1.54, 1.807) is 7.05 Å². The molecule has 0 aliphatic carbocycles. The predicted molar refractivity (Wildman–Crippen MR) is 103 cm³/mol. The first-order chi connectivity index (χ1) is 12.1. The highest BCUT2D eigenvalue weighted by Crippen LogP contribution is 2.05. The lowest BCUT2D eigenvalue weighted by Crippen LogP contribution is -2.53. The molecule has 6 heteroatoms. The molecule has 1 fully saturated rings. The molecule has 1 heterocycles. The second-order valence-corrected chi connectivity index (χ2v) is 6.58. The maximum absolute atomic E-state index is 12.9. The second kappa shape index (κ2) is 10.4. The van der Waals surface area contributed by atoms with E-state index in [4.69, 9.17) is 0 Å². The molecule has 1 saturated heterocycles. The summed E-state index contributed by atoms with van der Waals surface area (Å²) >= 11 is 0. The van der Waals surface area contributed by atoms with Crippen LogP contribution >= 0.6 is 0 Å². The Morgan fingerprint density at radius 3 is 2.44 bits per heavy atom. The highest BCUT2D eigenvalue weighted by molar-refractivity contribution is 5.79. The number of hydrogen-bond acceptors (Lipinski definition) is 3. The number of nitrogens with zero attached hydrogens (tertiary/aromatic N) is 3. The van der Waals surface area contributed by atoms with Crippen LogP contribution in [0.4, 0.5) is 4.39 Å². The first-order valence-corrected chi connectivity index (χ1v) is 9.27. The van der Waals surface area contributed by atoms with Gasteiger partial charge in [0.05, 0.1) is 0 Å². The van der Waals surface area contributed by atoms with Crippen LogP contribution in [0, 0.1) is 5.82 Å². The molecule has 1 aromatic rings. The normalized spacial score (nSPS) is 18.2. The quantitative estimate of drug-likeness (QED) is 0.579. The van der Waals surface area contributed by atoms with Crippen molar-refractivity contribution < 1.29 is 4.39 Å². The molecule has 0 radical (unpaired) electrons. The third-order valence-corrected chi connectivity index (χ3v) is 4.89. The lowest BCUT2D eigenvalue weighted by molar-refractivity contribution is 0.107. The van der Waals surface area contributed by atoms with Gasteiger partial charge in [-0.1, -0.05) is 19.1 Å². The van der Waals surface area contributed by atoms with Crippen LogP contribution in [0.15, 0.2) is 29.3 Å². The molecule has 140 valence electrons. The van der Waals surface area contributed by atoms with Gasteiger partial charge in [0.15, 0.2) is 5.96 Å². The van der Waals surface area contributed by atoms with Gasteiger partial charge in [-0.25, -0.2) is 4.39 Å². The topological polar surface area (TPSA) is 42.9 Å². The number of guanidine groups is 1. The van der Waals surface area contributed by atoms with Crippen molar-refractivity contribution in [1.29, 1.82) is 0 Å². The summed E-state index contributed by atoms with van der Waals surface area (Å²) in [5, 5.41) is 6.74. The van der Waals surface area contributed by atoms with Gasteiger partial charge in [0.1, 0.15) is 5.82 Å². The van der Waals surface area contributed by atoms with E-state index in [1.807, 2.05) is 12.1 Å². The smallest absolute Gasteiger partial charge is 0.191 e. The zero-order valence-electron chi connectivity index (χ0n) is 15.8. The molecule has 0 amide bonds. The lowest BCUT2D eigenvalue weighted by Gasteiger charge is -2.37. The van der Waals surface area contributed by atoms with E-state index in [0.717, 1.165) is 63.8 Å². The first kappa shape index (κ1) is 19.7. The molecular formula is C19H32FN5. The third-order valence-electron chi connectivity index (χ3n) is 4.89. The molecule has 2 rings (SSSR count). The summed E-state index contributed by atoms with van der Waals surface area (Å²) < 4.78 is 12.9. The van der Waals surface area contributed by atoms with Gasteiger partial charge >= 0.3 is 0 Å². The van der Waals surface area contributed by atoms with E-state index in [1.165, 1.54) is 12.1 Å².